The fourth-order valence-corrected chi connectivity index (χ4v) is 4.27. The van der Waals surface area contributed by atoms with Crippen molar-refractivity contribution in [2.45, 2.75) is 48.0 Å². The molecule has 2 nitrogen and oxygen atoms in total. The summed E-state index contributed by atoms with van der Waals surface area (Å²) in [6, 6.07) is 0. The highest BCUT2D eigenvalue weighted by molar-refractivity contribution is 5.78. The molecule has 0 radical (unpaired) electrons. The van der Waals surface area contributed by atoms with Crippen molar-refractivity contribution in [2.75, 3.05) is 13.1 Å². The molecule has 2 heteroatoms. The van der Waals surface area contributed by atoms with Crippen molar-refractivity contribution in [1.29, 1.82) is 0 Å². The summed E-state index contributed by atoms with van der Waals surface area (Å²) in [5.41, 5.74) is 0.413. The highest BCUT2D eigenvalue weighted by Gasteiger charge is 2.49. The summed E-state index contributed by atoms with van der Waals surface area (Å²) in [5, 5.41) is 0. The zero-order chi connectivity index (χ0) is 13.7. The molecule has 0 N–H and O–H groups in total. The summed E-state index contributed by atoms with van der Waals surface area (Å²) in [6.07, 6.45) is 1.32. The van der Waals surface area contributed by atoms with E-state index in [9.17, 15) is 4.79 Å². The van der Waals surface area contributed by atoms with Crippen LogP contribution in [0.25, 0.3) is 0 Å². The lowest BCUT2D eigenvalue weighted by atomic mass is 9.74. The van der Waals surface area contributed by atoms with Gasteiger partial charge in [0.1, 0.15) is 0 Å². The molecule has 2 fully saturated rings. The molecule has 4 unspecified atom stereocenters. The average molecular weight is 251 g/mol. The van der Waals surface area contributed by atoms with E-state index in [4.69, 9.17) is 0 Å². The van der Waals surface area contributed by atoms with Crippen molar-refractivity contribution in [3.63, 3.8) is 0 Å². The van der Waals surface area contributed by atoms with Gasteiger partial charge in [-0.25, -0.2) is 0 Å². The third-order valence-electron chi connectivity index (χ3n) is 5.28. The molecular weight excluding hydrogens is 222 g/mol. The van der Waals surface area contributed by atoms with Gasteiger partial charge in [0.05, 0.1) is 0 Å². The number of hydrogen-bond acceptors (Lipinski definition) is 1. The highest BCUT2D eigenvalue weighted by Crippen LogP contribution is 2.52. The Labute approximate surface area is 112 Å². The largest absolute Gasteiger partial charge is 0.342 e. The van der Waals surface area contributed by atoms with Crippen LogP contribution in [0.15, 0.2) is 0 Å². The summed E-state index contributed by atoms with van der Waals surface area (Å²) >= 11 is 0. The molecule has 1 heterocycles. The molecule has 104 valence electrons. The van der Waals surface area contributed by atoms with E-state index < -0.39 is 0 Å². The maximum absolute atomic E-state index is 12.1. The predicted molar refractivity (Wildman–Crippen MR) is 75.1 cm³/mol. The number of fused-ring (bicyclic) bond motifs is 1. The molecule has 1 aliphatic heterocycles. The second kappa shape index (κ2) is 4.54. The van der Waals surface area contributed by atoms with Gasteiger partial charge in [-0.05, 0) is 35.5 Å². The van der Waals surface area contributed by atoms with Crippen molar-refractivity contribution in [3.05, 3.63) is 0 Å². The van der Waals surface area contributed by atoms with Gasteiger partial charge in [-0.15, -0.1) is 0 Å². The van der Waals surface area contributed by atoms with E-state index in [0.29, 0.717) is 11.3 Å². The van der Waals surface area contributed by atoms with Gasteiger partial charge in [-0.2, -0.15) is 0 Å². The first-order chi connectivity index (χ1) is 8.21. The highest BCUT2D eigenvalue weighted by atomic mass is 16.2. The summed E-state index contributed by atoms with van der Waals surface area (Å²) in [6.45, 7) is 15.6. The Balaban J connectivity index is 2.04. The Morgan fingerprint density at radius 1 is 1.22 bits per heavy atom. The van der Waals surface area contributed by atoms with E-state index in [0.717, 1.165) is 36.8 Å². The zero-order valence-corrected chi connectivity index (χ0v) is 12.9. The van der Waals surface area contributed by atoms with Crippen LogP contribution in [-0.4, -0.2) is 23.9 Å². The maximum atomic E-state index is 12.1. The van der Waals surface area contributed by atoms with Gasteiger partial charge in [0.25, 0.3) is 0 Å². The van der Waals surface area contributed by atoms with Crippen molar-refractivity contribution in [3.8, 4) is 0 Å². The second-order valence-electron chi connectivity index (χ2n) is 7.89. The Bertz CT molecular complexity index is 328. The smallest absolute Gasteiger partial charge is 0.225 e. The average Bonchev–Trinajstić information content (AvgIpc) is 2.76. The van der Waals surface area contributed by atoms with Crippen molar-refractivity contribution < 1.29 is 4.79 Å². The van der Waals surface area contributed by atoms with Crippen LogP contribution in [-0.2, 0) is 4.79 Å². The zero-order valence-electron chi connectivity index (χ0n) is 12.9. The number of amides is 1. The van der Waals surface area contributed by atoms with Gasteiger partial charge < -0.3 is 4.90 Å². The minimum atomic E-state index is 0.151. The number of hydrogen-bond donors (Lipinski definition) is 0. The van der Waals surface area contributed by atoms with Gasteiger partial charge >= 0.3 is 0 Å². The minimum Gasteiger partial charge on any atom is -0.342 e. The Hall–Kier alpha value is -0.530. The quantitative estimate of drug-likeness (QED) is 0.699. The predicted octanol–water partition coefficient (Wildman–Crippen LogP) is 3.42. The molecule has 2 aliphatic rings. The Morgan fingerprint density at radius 2 is 1.83 bits per heavy atom. The molecule has 0 aromatic carbocycles. The fourth-order valence-electron chi connectivity index (χ4n) is 4.27. The van der Waals surface area contributed by atoms with E-state index in [2.05, 4.69) is 32.6 Å². The van der Waals surface area contributed by atoms with E-state index in [1.165, 1.54) is 6.42 Å². The third-order valence-corrected chi connectivity index (χ3v) is 5.28. The topological polar surface area (TPSA) is 20.3 Å². The van der Waals surface area contributed by atoms with Crippen LogP contribution in [0.4, 0.5) is 0 Å². The first-order valence-electron chi connectivity index (χ1n) is 7.50. The number of rotatable bonds is 1. The lowest BCUT2D eigenvalue weighted by Crippen LogP contribution is -2.35. The number of carbonyl (C=O) groups excluding carboxylic acids is 1. The van der Waals surface area contributed by atoms with Gasteiger partial charge in [0.2, 0.25) is 5.91 Å². The van der Waals surface area contributed by atoms with Crippen LogP contribution in [0.2, 0.25) is 0 Å². The molecular formula is C16H29NO. The molecule has 1 saturated heterocycles. The number of likely N-dealkylation sites (tertiary alicyclic amines) is 1. The lowest BCUT2D eigenvalue weighted by Gasteiger charge is -2.33. The van der Waals surface area contributed by atoms with Crippen LogP contribution >= 0.6 is 0 Å². The molecule has 0 spiro atoms. The van der Waals surface area contributed by atoms with Gasteiger partial charge in [-0.1, -0.05) is 41.5 Å². The third kappa shape index (κ3) is 2.31. The Kier molecular flexibility index (Phi) is 3.50. The first kappa shape index (κ1) is 13.9. The van der Waals surface area contributed by atoms with Gasteiger partial charge in [0, 0.05) is 19.0 Å². The molecule has 0 aromatic heterocycles. The van der Waals surface area contributed by atoms with Gasteiger partial charge in [0.15, 0.2) is 0 Å². The van der Waals surface area contributed by atoms with Crippen molar-refractivity contribution >= 4 is 5.91 Å². The normalized spacial score (nSPS) is 36.3. The van der Waals surface area contributed by atoms with E-state index in [1.54, 1.807) is 0 Å². The fraction of sp³-hybridized carbons (Fsp3) is 0.938. The summed E-state index contributed by atoms with van der Waals surface area (Å²) in [5.74, 6) is 3.59. The summed E-state index contributed by atoms with van der Waals surface area (Å²) in [7, 11) is 0. The van der Waals surface area contributed by atoms with Crippen LogP contribution < -0.4 is 0 Å². The van der Waals surface area contributed by atoms with Crippen LogP contribution in [0, 0.1) is 35.0 Å². The molecule has 4 atom stereocenters. The molecule has 0 aromatic rings. The Morgan fingerprint density at radius 3 is 2.28 bits per heavy atom. The molecule has 1 amide bonds. The van der Waals surface area contributed by atoms with E-state index in [-0.39, 0.29) is 5.92 Å². The number of nitrogens with zero attached hydrogens (tertiary/aromatic N) is 1. The molecule has 1 aliphatic carbocycles. The molecule has 0 bridgehead atoms. The molecule has 18 heavy (non-hydrogen) atoms. The first-order valence-corrected chi connectivity index (χ1v) is 7.50. The SMILES string of the molecule is CC(C)C(=O)N1CC2CC(C(C)(C)C)C(C)C2C1. The van der Waals surface area contributed by atoms with Crippen molar-refractivity contribution in [1.82, 2.24) is 4.90 Å². The van der Waals surface area contributed by atoms with Crippen molar-refractivity contribution in [2.24, 2.45) is 35.0 Å². The van der Waals surface area contributed by atoms with E-state index in [1.807, 2.05) is 13.8 Å². The van der Waals surface area contributed by atoms with Crippen LogP contribution in [0.5, 0.6) is 0 Å². The van der Waals surface area contributed by atoms with Crippen LogP contribution in [0.3, 0.4) is 0 Å². The number of carbonyl (C=O) groups is 1. The van der Waals surface area contributed by atoms with E-state index >= 15 is 0 Å². The standard InChI is InChI=1S/C16H29NO/c1-10(2)15(18)17-8-12-7-14(16(4,5)6)11(3)13(12)9-17/h10-14H,7-9H2,1-6H3. The summed E-state index contributed by atoms with van der Waals surface area (Å²) < 4.78 is 0. The molecule has 2 rings (SSSR count). The van der Waals surface area contributed by atoms with Crippen LogP contribution in [0.1, 0.15) is 48.0 Å². The second-order valence-corrected chi connectivity index (χ2v) is 7.89. The monoisotopic (exact) mass is 251 g/mol. The summed E-state index contributed by atoms with van der Waals surface area (Å²) in [4.78, 5) is 14.2. The maximum Gasteiger partial charge on any atom is 0.225 e. The van der Waals surface area contributed by atoms with Gasteiger partial charge in [-0.3, -0.25) is 4.79 Å². The molecule has 1 saturated carbocycles. The lowest BCUT2D eigenvalue weighted by molar-refractivity contribution is -0.133. The minimum absolute atomic E-state index is 0.151.